The molecule has 2 aromatic rings. The smallest absolute Gasteiger partial charge is 0.221 e. The van der Waals surface area contributed by atoms with Gasteiger partial charge in [0.25, 0.3) is 0 Å². The summed E-state index contributed by atoms with van der Waals surface area (Å²) in [6, 6.07) is 7.70. The molecule has 2 rings (SSSR count). The first-order valence-electron chi connectivity index (χ1n) is 5.66. The Labute approximate surface area is 110 Å². The minimum Gasteiger partial charge on any atom is -0.380 e. The van der Waals surface area contributed by atoms with Gasteiger partial charge >= 0.3 is 0 Å². The molecule has 1 aromatic carbocycles. The summed E-state index contributed by atoms with van der Waals surface area (Å²) in [5.74, 6) is -0.321. The Bertz CT molecular complexity index is 551. The predicted octanol–water partition coefficient (Wildman–Crippen LogP) is 2.09. The molecule has 3 N–H and O–H groups in total. The minimum absolute atomic E-state index is 0.255. The summed E-state index contributed by atoms with van der Waals surface area (Å²) >= 11 is 1.62. The number of anilines is 1. The van der Waals surface area contributed by atoms with Gasteiger partial charge in [0.2, 0.25) is 5.91 Å². The number of para-hydroxylation sites is 1. The number of nitrogens with one attached hydrogen (secondary N) is 1. The number of nitrogens with zero attached hydrogens (tertiary/aromatic N) is 1. The number of amides is 1. The molecule has 0 radical (unpaired) electrons. The van der Waals surface area contributed by atoms with Crippen LogP contribution in [0.1, 0.15) is 16.1 Å². The number of hydrogen-bond donors (Lipinski definition) is 2. The second-order valence-electron chi connectivity index (χ2n) is 4.01. The molecule has 4 nitrogen and oxygen atoms in total. The highest BCUT2D eigenvalue weighted by atomic mass is 32.1. The fourth-order valence-electron chi connectivity index (χ4n) is 1.71. The monoisotopic (exact) mass is 261 g/mol. The average molecular weight is 261 g/mol. The lowest BCUT2D eigenvalue weighted by molar-refractivity contribution is -0.117. The largest absolute Gasteiger partial charge is 0.380 e. The Morgan fingerprint density at radius 2 is 2.22 bits per heavy atom. The van der Waals surface area contributed by atoms with Crippen molar-refractivity contribution in [3.8, 4) is 0 Å². The molecule has 1 amide bonds. The number of primary amides is 1. The number of thiazole rings is 1. The third kappa shape index (κ3) is 3.07. The maximum atomic E-state index is 11.0. The van der Waals surface area contributed by atoms with Gasteiger partial charge in [0.15, 0.2) is 0 Å². The van der Waals surface area contributed by atoms with E-state index in [0.717, 1.165) is 16.9 Å². The summed E-state index contributed by atoms with van der Waals surface area (Å²) in [7, 11) is 0. The molecule has 1 aromatic heterocycles. The van der Waals surface area contributed by atoms with E-state index in [-0.39, 0.29) is 12.3 Å². The van der Waals surface area contributed by atoms with Gasteiger partial charge in [-0.2, -0.15) is 0 Å². The van der Waals surface area contributed by atoms with E-state index in [1.807, 2.05) is 36.7 Å². The average Bonchev–Trinajstić information content (AvgIpc) is 2.73. The van der Waals surface area contributed by atoms with Crippen LogP contribution >= 0.6 is 11.3 Å². The van der Waals surface area contributed by atoms with Crippen LogP contribution in [0.4, 0.5) is 5.69 Å². The van der Waals surface area contributed by atoms with Gasteiger partial charge in [-0.15, -0.1) is 11.3 Å². The molecule has 5 heteroatoms. The number of nitrogens with two attached hydrogens (primary N) is 1. The van der Waals surface area contributed by atoms with Crippen LogP contribution in [-0.4, -0.2) is 10.9 Å². The first-order valence-corrected chi connectivity index (χ1v) is 6.54. The molecule has 0 aliphatic rings. The van der Waals surface area contributed by atoms with Crippen LogP contribution < -0.4 is 11.1 Å². The fraction of sp³-hybridized carbons (Fsp3) is 0.231. The second kappa shape index (κ2) is 5.64. The van der Waals surface area contributed by atoms with Gasteiger partial charge in [0.05, 0.1) is 24.2 Å². The first-order chi connectivity index (χ1) is 8.66. The standard InChI is InChI=1S/C13H15N3OS/c1-9-12(18-8-16-9)7-15-11-5-3-2-4-10(11)6-13(14)17/h2-5,8,15H,6-7H2,1H3,(H2,14,17). The SMILES string of the molecule is Cc1ncsc1CNc1ccccc1CC(N)=O. The Morgan fingerprint density at radius 3 is 2.89 bits per heavy atom. The highest BCUT2D eigenvalue weighted by Gasteiger charge is 2.06. The molecule has 0 fully saturated rings. The third-order valence-electron chi connectivity index (χ3n) is 2.67. The molecule has 1 heterocycles. The highest BCUT2D eigenvalue weighted by Crippen LogP contribution is 2.19. The second-order valence-corrected chi connectivity index (χ2v) is 4.95. The van der Waals surface area contributed by atoms with E-state index in [1.165, 1.54) is 4.88 Å². The van der Waals surface area contributed by atoms with E-state index >= 15 is 0 Å². The molecule has 0 saturated carbocycles. The van der Waals surface area contributed by atoms with E-state index in [9.17, 15) is 4.79 Å². The maximum absolute atomic E-state index is 11.0. The normalized spacial score (nSPS) is 10.3. The van der Waals surface area contributed by atoms with Crippen LogP contribution in [-0.2, 0) is 17.8 Å². The maximum Gasteiger partial charge on any atom is 0.221 e. The number of benzene rings is 1. The van der Waals surface area contributed by atoms with Crippen molar-refractivity contribution in [3.63, 3.8) is 0 Å². The molecular weight excluding hydrogens is 246 g/mol. The molecule has 0 aliphatic carbocycles. The van der Waals surface area contributed by atoms with Gasteiger partial charge in [-0.05, 0) is 18.6 Å². The van der Waals surface area contributed by atoms with Crippen LogP contribution in [0.15, 0.2) is 29.8 Å². The zero-order valence-corrected chi connectivity index (χ0v) is 11.0. The summed E-state index contributed by atoms with van der Waals surface area (Å²) in [4.78, 5) is 16.4. The molecular formula is C13H15N3OS. The number of carbonyl (C=O) groups excluding carboxylic acids is 1. The van der Waals surface area contributed by atoms with Crippen molar-refractivity contribution in [2.45, 2.75) is 19.9 Å². The lowest BCUT2D eigenvalue weighted by Gasteiger charge is -2.10. The predicted molar refractivity (Wildman–Crippen MR) is 73.5 cm³/mol. The summed E-state index contributed by atoms with van der Waals surface area (Å²) in [5, 5.41) is 3.32. The van der Waals surface area contributed by atoms with Crippen molar-refractivity contribution in [3.05, 3.63) is 45.9 Å². The quantitative estimate of drug-likeness (QED) is 0.866. The molecule has 0 aliphatic heterocycles. The van der Waals surface area contributed by atoms with Crippen molar-refractivity contribution in [2.75, 3.05) is 5.32 Å². The van der Waals surface area contributed by atoms with Crippen molar-refractivity contribution in [1.29, 1.82) is 0 Å². The first kappa shape index (κ1) is 12.6. The molecule has 0 bridgehead atoms. The minimum atomic E-state index is -0.321. The number of carbonyl (C=O) groups is 1. The summed E-state index contributed by atoms with van der Waals surface area (Å²) in [5.41, 5.74) is 9.98. The molecule has 0 saturated heterocycles. The Balaban J connectivity index is 2.09. The van der Waals surface area contributed by atoms with Crippen LogP contribution in [0.25, 0.3) is 0 Å². The zero-order valence-electron chi connectivity index (χ0n) is 10.1. The highest BCUT2D eigenvalue weighted by molar-refractivity contribution is 7.09. The lowest BCUT2D eigenvalue weighted by Crippen LogP contribution is -2.15. The van der Waals surface area contributed by atoms with Crippen molar-refractivity contribution in [1.82, 2.24) is 4.98 Å². The van der Waals surface area contributed by atoms with E-state index in [2.05, 4.69) is 10.3 Å². The summed E-state index contributed by atoms with van der Waals surface area (Å²) in [6.07, 6.45) is 0.255. The molecule has 94 valence electrons. The summed E-state index contributed by atoms with van der Waals surface area (Å²) in [6.45, 7) is 2.70. The van der Waals surface area contributed by atoms with Gasteiger partial charge in [0, 0.05) is 10.6 Å². The van der Waals surface area contributed by atoms with Gasteiger partial charge in [-0.1, -0.05) is 18.2 Å². The van der Waals surface area contributed by atoms with Crippen LogP contribution in [0.2, 0.25) is 0 Å². The molecule has 0 spiro atoms. The van der Waals surface area contributed by atoms with Crippen molar-refractivity contribution >= 4 is 22.9 Å². The van der Waals surface area contributed by atoms with Crippen LogP contribution in [0, 0.1) is 6.92 Å². The lowest BCUT2D eigenvalue weighted by atomic mass is 10.1. The number of aromatic nitrogens is 1. The fourth-order valence-corrected chi connectivity index (χ4v) is 2.42. The third-order valence-corrected chi connectivity index (χ3v) is 3.60. The number of hydrogen-bond acceptors (Lipinski definition) is 4. The van der Waals surface area contributed by atoms with Gasteiger partial charge in [0.1, 0.15) is 0 Å². The number of aryl methyl sites for hydroxylation is 1. The Kier molecular flexibility index (Phi) is 3.94. The molecule has 0 atom stereocenters. The van der Waals surface area contributed by atoms with E-state index < -0.39 is 0 Å². The Morgan fingerprint density at radius 1 is 1.44 bits per heavy atom. The van der Waals surface area contributed by atoms with Crippen LogP contribution in [0.5, 0.6) is 0 Å². The summed E-state index contributed by atoms with van der Waals surface area (Å²) < 4.78 is 0. The van der Waals surface area contributed by atoms with Crippen molar-refractivity contribution < 1.29 is 4.79 Å². The Hall–Kier alpha value is -1.88. The van der Waals surface area contributed by atoms with Gasteiger partial charge in [-0.25, -0.2) is 4.98 Å². The number of rotatable bonds is 5. The van der Waals surface area contributed by atoms with Gasteiger partial charge < -0.3 is 11.1 Å². The molecule has 0 unspecified atom stereocenters. The van der Waals surface area contributed by atoms with E-state index in [1.54, 1.807) is 11.3 Å². The zero-order chi connectivity index (χ0) is 13.0. The van der Waals surface area contributed by atoms with E-state index in [4.69, 9.17) is 5.73 Å². The topological polar surface area (TPSA) is 68.0 Å². The van der Waals surface area contributed by atoms with E-state index in [0.29, 0.717) is 6.54 Å². The van der Waals surface area contributed by atoms with Gasteiger partial charge in [-0.3, -0.25) is 4.79 Å². The van der Waals surface area contributed by atoms with Crippen molar-refractivity contribution in [2.24, 2.45) is 5.73 Å². The molecule has 18 heavy (non-hydrogen) atoms. The van der Waals surface area contributed by atoms with Crippen LogP contribution in [0.3, 0.4) is 0 Å².